The van der Waals surface area contributed by atoms with E-state index in [1.54, 1.807) is 11.0 Å². The van der Waals surface area contributed by atoms with E-state index in [9.17, 15) is 33.0 Å². The molecular weight excluding hydrogens is 475 g/mol. The lowest BCUT2D eigenvalue weighted by molar-refractivity contribution is -0.276. The molecule has 1 aromatic carbocycles. The van der Waals surface area contributed by atoms with Gasteiger partial charge in [0, 0.05) is 51.0 Å². The summed E-state index contributed by atoms with van der Waals surface area (Å²) in [5.74, 6) is -1.23. The third kappa shape index (κ3) is 5.14. The number of nitrogens with one attached hydrogen (secondary N) is 1. The molecule has 4 atom stereocenters. The fraction of sp³-hybridized carbons (Fsp3) is 0.545. The minimum Gasteiger partial charge on any atom is -0.394 e. The summed E-state index contributed by atoms with van der Waals surface area (Å²) < 4.78 is 57.9. The number of anilines is 1. The first-order chi connectivity index (χ1) is 16.6. The summed E-state index contributed by atoms with van der Waals surface area (Å²) in [6.07, 6.45) is -7.47. The monoisotopic (exact) mass is 501 g/mol. The molecule has 0 saturated carbocycles. The third-order valence-electron chi connectivity index (χ3n) is 6.40. The maximum absolute atomic E-state index is 13.1. The van der Waals surface area contributed by atoms with E-state index >= 15 is 0 Å². The lowest BCUT2D eigenvalue weighted by Crippen LogP contribution is -2.52. The molecule has 1 aromatic heterocycles. The number of aromatic nitrogens is 2. The number of ether oxygens (including phenoxy) is 3. The van der Waals surface area contributed by atoms with E-state index < -0.39 is 59.9 Å². The zero-order chi connectivity index (χ0) is 25.4. The van der Waals surface area contributed by atoms with Crippen LogP contribution in [-0.2, 0) is 20.4 Å². The molecule has 3 heterocycles. The van der Waals surface area contributed by atoms with Crippen molar-refractivity contribution >= 4 is 5.69 Å². The fourth-order valence-corrected chi connectivity index (χ4v) is 4.45. The number of aliphatic hydroxyl groups is 2. The second kappa shape index (κ2) is 9.74. The van der Waals surface area contributed by atoms with Crippen LogP contribution in [0, 0.1) is 0 Å². The number of aromatic amines is 1. The molecule has 0 amide bonds. The van der Waals surface area contributed by atoms with Crippen molar-refractivity contribution in [2.24, 2.45) is 0 Å². The summed E-state index contributed by atoms with van der Waals surface area (Å²) in [7, 11) is 1.41. The molecule has 2 fully saturated rings. The second-order valence-electron chi connectivity index (χ2n) is 8.49. The maximum atomic E-state index is 13.1. The van der Waals surface area contributed by atoms with Gasteiger partial charge in [-0.15, -0.1) is 0 Å². The van der Waals surface area contributed by atoms with E-state index in [0.717, 1.165) is 22.8 Å². The minimum absolute atomic E-state index is 0.236. The van der Waals surface area contributed by atoms with Gasteiger partial charge >= 0.3 is 11.9 Å². The number of piperidine rings is 1. The van der Waals surface area contributed by atoms with Gasteiger partial charge in [-0.05, 0) is 18.2 Å². The van der Waals surface area contributed by atoms with Gasteiger partial charge in [0.2, 0.25) is 0 Å². The smallest absolute Gasteiger partial charge is 0.394 e. The van der Waals surface area contributed by atoms with Crippen molar-refractivity contribution < 1.29 is 37.6 Å². The van der Waals surface area contributed by atoms with E-state index in [2.05, 4.69) is 4.98 Å². The average Bonchev–Trinajstić information content (AvgIpc) is 3.14. The number of hydrogen-bond donors (Lipinski definition) is 3. The normalized spacial score (nSPS) is 26.7. The number of nitrogens with zero attached hydrogens (tertiary/aromatic N) is 2. The Balaban J connectivity index is 1.54. The topological polar surface area (TPSA) is 126 Å². The van der Waals surface area contributed by atoms with Gasteiger partial charge < -0.3 is 29.3 Å². The Hall–Kier alpha value is -2.71. The van der Waals surface area contributed by atoms with Crippen molar-refractivity contribution in [1.29, 1.82) is 0 Å². The Bertz CT molecular complexity index is 1140. The Morgan fingerprint density at radius 1 is 1.23 bits per heavy atom. The molecule has 0 unspecified atom stereocenters. The number of alkyl halides is 3. The number of benzene rings is 1. The fourth-order valence-electron chi connectivity index (χ4n) is 4.45. The molecule has 2 aliphatic heterocycles. The van der Waals surface area contributed by atoms with Crippen LogP contribution in [0.5, 0.6) is 0 Å². The summed E-state index contributed by atoms with van der Waals surface area (Å²) >= 11 is 0. The van der Waals surface area contributed by atoms with Crippen molar-refractivity contribution in [2.75, 3.05) is 31.7 Å². The molecule has 3 N–H and O–H groups in total. The highest BCUT2D eigenvalue weighted by Crippen LogP contribution is 2.39. The molecule has 13 heteroatoms. The van der Waals surface area contributed by atoms with Gasteiger partial charge in [0.25, 0.3) is 5.56 Å². The number of rotatable bonds is 6. The average molecular weight is 501 g/mol. The molecular formula is C22H26F3N3O7. The predicted molar refractivity (Wildman–Crippen MR) is 116 cm³/mol. The molecule has 2 aliphatic rings. The number of halogens is 3. The van der Waals surface area contributed by atoms with Crippen molar-refractivity contribution in [3.05, 3.63) is 62.9 Å². The Kier molecular flexibility index (Phi) is 7.06. The van der Waals surface area contributed by atoms with Crippen molar-refractivity contribution in [3.8, 4) is 0 Å². The Morgan fingerprint density at radius 2 is 1.94 bits per heavy atom. The summed E-state index contributed by atoms with van der Waals surface area (Å²) in [6.45, 7) is 0.0516. The Labute approximate surface area is 197 Å². The summed E-state index contributed by atoms with van der Waals surface area (Å²) in [4.78, 5) is 27.6. The first kappa shape index (κ1) is 25.4. The Morgan fingerprint density at radius 3 is 2.54 bits per heavy atom. The first-order valence-electron chi connectivity index (χ1n) is 11.0. The molecule has 4 rings (SSSR count). The maximum Gasteiger partial charge on any atom is 0.416 e. The quantitative estimate of drug-likeness (QED) is 0.497. The standard InChI is InChI=1S/C22H26F3N3O7/c1-33-21(6-9-27(10-7-21)14-4-2-3-13(11-14)22(23,24)25)35-18-17(31)15(12-29)34-19(18)28-8-5-16(30)26-20(28)32/h2-5,8,11,15,17-19,29,31H,6-7,9-10,12H2,1H3,(H,26,30,32)/t15-,17-,18-,19-/m1/s1. The molecule has 192 valence electrons. The van der Waals surface area contributed by atoms with Gasteiger partial charge in [-0.25, -0.2) is 4.79 Å². The van der Waals surface area contributed by atoms with Crippen LogP contribution in [0.1, 0.15) is 24.6 Å². The van der Waals surface area contributed by atoms with Crippen molar-refractivity contribution in [3.63, 3.8) is 0 Å². The summed E-state index contributed by atoms with van der Waals surface area (Å²) in [5, 5.41) is 20.3. The van der Waals surface area contributed by atoms with Gasteiger partial charge in [-0.2, -0.15) is 13.2 Å². The highest BCUT2D eigenvalue weighted by molar-refractivity contribution is 5.49. The molecule has 10 nitrogen and oxygen atoms in total. The predicted octanol–water partition coefficient (Wildman–Crippen LogP) is 0.834. The zero-order valence-corrected chi connectivity index (χ0v) is 18.8. The molecule has 35 heavy (non-hydrogen) atoms. The molecule has 0 radical (unpaired) electrons. The lowest BCUT2D eigenvalue weighted by atomic mass is 10.0. The van der Waals surface area contributed by atoms with Gasteiger partial charge in [0.05, 0.1) is 12.2 Å². The van der Waals surface area contributed by atoms with Gasteiger partial charge in [0.1, 0.15) is 18.3 Å². The lowest BCUT2D eigenvalue weighted by Gasteiger charge is -2.43. The zero-order valence-electron chi connectivity index (χ0n) is 18.8. The highest BCUT2D eigenvalue weighted by Gasteiger charge is 2.50. The number of H-pyrrole nitrogens is 1. The molecule has 0 aliphatic carbocycles. The van der Waals surface area contributed by atoms with E-state index in [4.69, 9.17) is 14.2 Å². The van der Waals surface area contributed by atoms with Crippen LogP contribution in [0.4, 0.5) is 18.9 Å². The molecule has 2 saturated heterocycles. The van der Waals surface area contributed by atoms with E-state index in [-0.39, 0.29) is 12.8 Å². The highest BCUT2D eigenvalue weighted by atomic mass is 19.4. The van der Waals surface area contributed by atoms with Crippen LogP contribution in [0.2, 0.25) is 0 Å². The number of methoxy groups -OCH3 is 1. The van der Waals surface area contributed by atoms with Crippen LogP contribution >= 0.6 is 0 Å². The van der Waals surface area contributed by atoms with Gasteiger partial charge in [0.15, 0.2) is 12.0 Å². The molecule has 0 bridgehead atoms. The summed E-state index contributed by atoms with van der Waals surface area (Å²) in [5.41, 5.74) is -1.74. The SMILES string of the molecule is COC1(O[C@@H]2[C@H](O)[C@@H](CO)O[C@H]2n2ccc(=O)[nH]c2=O)CCN(c2cccc(C(F)(F)F)c2)CC1. The van der Waals surface area contributed by atoms with Crippen LogP contribution in [0.3, 0.4) is 0 Å². The van der Waals surface area contributed by atoms with Gasteiger partial charge in [-0.3, -0.25) is 14.3 Å². The minimum atomic E-state index is -4.46. The number of hydrogen-bond acceptors (Lipinski definition) is 8. The van der Waals surface area contributed by atoms with Crippen LogP contribution in [0.15, 0.2) is 46.1 Å². The molecule has 2 aromatic rings. The van der Waals surface area contributed by atoms with Crippen molar-refractivity contribution in [1.82, 2.24) is 9.55 Å². The van der Waals surface area contributed by atoms with Crippen LogP contribution in [0.25, 0.3) is 0 Å². The van der Waals surface area contributed by atoms with Crippen molar-refractivity contribution in [2.45, 2.75) is 49.3 Å². The van der Waals surface area contributed by atoms with E-state index in [1.807, 2.05) is 0 Å². The third-order valence-corrected chi connectivity index (χ3v) is 6.40. The first-order valence-corrected chi connectivity index (χ1v) is 11.0. The van der Waals surface area contributed by atoms with E-state index in [0.29, 0.717) is 18.8 Å². The van der Waals surface area contributed by atoms with Crippen LogP contribution in [-0.4, -0.2) is 70.7 Å². The summed E-state index contributed by atoms with van der Waals surface area (Å²) in [6, 6.07) is 6.14. The second-order valence-corrected chi connectivity index (χ2v) is 8.49. The largest absolute Gasteiger partial charge is 0.416 e. The van der Waals surface area contributed by atoms with Gasteiger partial charge in [-0.1, -0.05) is 6.07 Å². The van der Waals surface area contributed by atoms with Crippen LogP contribution < -0.4 is 16.1 Å². The van der Waals surface area contributed by atoms with E-state index in [1.165, 1.54) is 19.4 Å². The number of aliphatic hydroxyl groups excluding tert-OH is 2. The molecule has 0 spiro atoms.